The van der Waals surface area contributed by atoms with E-state index in [2.05, 4.69) is 29.0 Å². The molecule has 0 unspecified atom stereocenters. The fourth-order valence-corrected chi connectivity index (χ4v) is 2.22. The Morgan fingerprint density at radius 2 is 2.24 bits per heavy atom. The first kappa shape index (κ1) is 12.3. The summed E-state index contributed by atoms with van der Waals surface area (Å²) in [6.45, 7) is 10.0. The first-order chi connectivity index (χ1) is 7.99. The zero-order chi connectivity index (χ0) is 12.5. The Balaban J connectivity index is 2.16. The van der Waals surface area contributed by atoms with Gasteiger partial charge in [0.05, 0.1) is 5.69 Å². The molecule has 1 saturated heterocycles. The van der Waals surface area contributed by atoms with Crippen molar-refractivity contribution in [3.05, 3.63) is 23.5 Å². The third kappa shape index (κ3) is 2.76. The maximum atomic E-state index is 9.83. The summed E-state index contributed by atoms with van der Waals surface area (Å²) in [7, 11) is 0. The smallest absolute Gasteiger partial charge is 0.138 e. The van der Waals surface area contributed by atoms with Gasteiger partial charge >= 0.3 is 0 Å². The molecule has 2 heterocycles. The van der Waals surface area contributed by atoms with Crippen molar-refractivity contribution in [3.63, 3.8) is 0 Å². The Hall–Kier alpha value is -1.13. The Kier molecular flexibility index (Phi) is 3.35. The number of hydrogen-bond acceptors (Lipinski definition) is 4. The fraction of sp³-hybridized carbons (Fsp3) is 0.615. The van der Waals surface area contributed by atoms with Crippen LogP contribution in [0.25, 0.3) is 0 Å². The molecule has 0 radical (unpaired) electrons. The lowest BCUT2D eigenvalue weighted by Crippen LogP contribution is -2.57. The summed E-state index contributed by atoms with van der Waals surface area (Å²) in [4.78, 5) is 6.79. The Morgan fingerprint density at radius 1 is 1.47 bits per heavy atom. The van der Waals surface area contributed by atoms with E-state index in [4.69, 9.17) is 0 Å². The number of nitrogens with zero attached hydrogens (tertiary/aromatic N) is 2. The molecule has 1 aliphatic heterocycles. The van der Waals surface area contributed by atoms with Crippen molar-refractivity contribution in [2.24, 2.45) is 0 Å². The first-order valence-corrected chi connectivity index (χ1v) is 6.10. The van der Waals surface area contributed by atoms with Crippen LogP contribution in [0.4, 0.5) is 0 Å². The van der Waals surface area contributed by atoms with E-state index in [9.17, 15) is 5.11 Å². The number of aromatic nitrogens is 1. The maximum absolute atomic E-state index is 9.83. The van der Waals surface area contributed by atoms with E-state index in [1.807, 2.05) is 13.0 Å². The van der Waals surface area contributed by atoms with E-state index in [1.54, 1.807) is 6.07 Å². The van der Waals surface area contributed by atoms with Gasteiger partial charge in [0.25, 0.3) is 0 Å². The number of rotatable bonds is 2. The predicted octanol–water partition coefficient (Wildman–Crippen LogP) is 1.28. The van der Waals surface area contributed by atoms with Crippen LogP contribution in [0.1, 0.15) is 25.2 Å². The van der Waals surface area contributed by atoms with Gasteiger partial charge in [-0.25, -0.2) is 0 Å². The monoisotopic (exact) mass is 235 g/mol. The highest BCUT2D eigenvalue weighted by Gasteiger charge is 2.30. The van der Waals surface area contributed by atoms with Gasteiger partial charge in [-0.3, -0.25) is 9.88 Å². The number of hydrogen-bond donors (Lipinski definition) is 2. The summed E-state index contributed by atoms with van der Waals surface area (Å²) in [6, 6.07) is 3.56. The molecule has 0 amide bonds. The van der Waals surface area contributed by atoms with Gasteiger partial charge in [0, 0.05) is 37.4 Å². The Bertz CT molecular complexity index is 404. The van der Waals surface area contributed by atoms with Crippen molar-refractivity contribution in [1.29, 1.82) is 0 Å². The van der Waals surface area contributed by atoms with E-state index in [0.717, 1.165) is 31.0 Å². The van der Waals surface area contributed by atoms with Gasteiger partial charge in [0.2, 0.25) is 0 Å². The van der Waals surface area contributed by atoms with E-state index in [-0.39, 0.29) is 5.54 Å². The third-order valence-corrected chi connectivity index (χ3v) is 3.40. The summed E-state index contributed by atoms with van der Waals surface area (Å²) in [5.41, 5.74) is 1.83. The molecule has 0 aliphatic carbocycles. The fourth-order valence-electron chi connectivity index (χ4n) is 2.22. The van der Waals surface area contributed by atoms with Crippen molar-refractivity contribution in [3.8, 4) is 5.75 Å². The van der Waals surface area contributed by atoms with Gasteiger partial charge < -0.3 is 10.4 Å². The van der Waals surface area contributed by atoms with E-state index in [1.165, 1.54) is 0 Å². The number of piperazine rings is 1. The van der Waals surface area contributed by atoms with Crippen LogP contribution in [-0.4, -0.2) is 40.2 Å². The number of aryl methyl sites for hydroxylation is 1. The lowest BCUT2D eigenvalue weighted by molar-refractivity contribution is 0.0805. The van der Waals surface area contributed by atoms with E-state index in [0.29, 0.717) is 12.3 Å². The molecule has 1 aromatic rings. The maximum Gasteiger partial charge on any atom is 0.138 e. The molecule has 1 aliphatic rings. The summed E-state index contributed by atoms with van der Waals surface area (Å²) < 4.78 is 0. The highest BCUT2D eigenvalue weighted by atomic mass is 16.3. The Labute approximate surface area is 103 Å². The second-order valence-corrected chi connectivity index (χ2v) is 5.33. The largest absolute Gasteiger partial charge is 0.506 e. The van der Waals surface area contributed by atoms with Crippen LogP contribution >= 0.6 is 0 Å². The lowest BCUT2D eigenvalue weighted by atomic mass is 10.00. The van der Waals surface area contributed by atoms with Gasteiger partial charge in [-0.05, 0) is 32.9 Å². The average Bonchev–Trinajstić information content (AvgIpc) is 2.26. The molecule has 1 fully saturated rings. The van der Waals surface area contributed by atoms with E-state index < -0.39 is 0 Å². The van der Waals surface area contributed by atoms with Crippen LogP contribution in [0.5, 0.6) is 5.75 Å². The Morgan fingerprint density at radius 3 is 2.94 bits per heavy atom. The molecule has 17 heavy (non-hydrogen) atoms. The molecule has 2 N–H and O–H groups in total. The molecule has 4 nitrogen and oxygen atoms in total. The van der Waals surface area contributed by atoms with Gasteiger partial charge in [0.15, 0.2) is 0 Å². The van der Waals surface area contributed by atoms with Gasteiger partial charge in [-0.15, -0.1) is 0 Å². The molecule has 1 aromatic heterocycles. The first-order valence-electron chi connectivity index (χ1n) is 6.10. The van der Waals surface area contributed by atoms with Gasteiger partial charge in [-0.2, -0.15) is 0 Å². The molecular formula is C13H21N3O. The van der Waals surface area contributed by atoms with Crippen molar-refractivity contribution < 1.29 is 5.11 Å². The van der Waals surface area contributed by atoms with Gasteiger partial charge in [0.1, 0.15) is 5.75 Å². The summed E-state index contributed by atoms with van der Waals surface area (Å²) in [5.74, 6) is 0.296. The summed E-state index contributed by atoms with van der Waals surface area (Å²) >= 11 is 0. The van der Waals surface area contributed by atoms with Crippen LogP contribution in [0, 0.1) is 6.92 Å². The minimum absolute atomic E-state index is 0.107. The summed E-state index contributed by atoms with van der Waals surface area (Å²) in [6.07, 6.45) is 0. The highest BCUT2D eigenvalue weighted by molar-refractivity contribution is 5.27. The van der Waals surface area contributed by atoms with Crippen LogP contribution in [-0.2, 0) is 6.54 Å². The predicted molar refractivity (Wildman–Crippen MR) is 68.0 cm³/mol. The standard InChI is InChI=1S/C13H21N3O/c1-10-4-5-12(17)11(15-10)8-16-7-6-14-9-13(16,2)3/h4-5,14,17H,6-9H2,1-3H3. The third-order valence-electron chi connectivity index (χ3n) is 3.40. The SMILES string of the molecule is Cc1ccc(O)c(CN2CCNCC2(C)C)n1. The van der Waals surface area contributed by atoms with E-state index >= 15 is 0 Å². The molecule has 0 aromatic carbocycles. The van der Waals surface area contributed by atoms with Crippen molar-refractivity contribution in [2.75, 3.05) is 19.6 Å². The number of nitrogens with one attached hydrogen (secondary N) is 1. The van der Waals surface area contributed by atoms with Crippen molar-refractivity contribution in [2.45, 2.75) is 32.9 Å². The highest BCUT2D eigenvalue weighted by Crippen LogP contribution is 2.23. The number of pyridine rings is 1. The van der Waals surface area contributed by atoms with Crippen LogP contribution in [0.15, 0.2) is 12.1 Å². The van der Waals surface area contributed by atoms with Crippen LogP contribution in [0.2, 0.25) is 0 Å². The normalized spacial score (nSPS) is 20.4. The second kappa shape index (κ2) is 4.63. The molecule has 94 valence electrons. The van der Waals surface area contributed by atoms with Gasteiger partial charge in [-0.1, -0.05) is 0 Å². The molecule has 0 saturated carbocycles. The lowest BCUT2D eigenvalue weighted by Gasteiger charge is -2.42. The second-order valence-electron chi connectivity index (χ2n) is 5.33. The average molecular weight is 235 g/mol. The molecule has 4 heteroatoms. The zero-order valence-corrected chi connectivity index (χ0v) is 10.8. The molecule has 0 spiro atoms. The van der Waals surface area contributed by atoms with Crippen LogP contribution in [0.3, 0.4) is 0 Å². The molecule has 0 atom stereocenters. The quantitative estimate of drug-likeness (QED) is 0.810. The summed E-state index contributed by atoms with van der Waals surface area (Å²) in [5, 5.41) is 13.2. The van der Waals surface area contributed by atoms with Crippen molar-refractivity contribution >= 4 is 0 Å². The molecular weight excluding hydrogens is 214 g/mol. The zero-order valence-electron chi connectivity index (χ0n) is 10.8. The molecule has 2 rings (SSSR count). The van der Waals surface area contributed by atoms with Crippen LogP contribution < -0.4 is 5.32 Å². The minimum Gasteiger partial charge on any atom is -0.506 e. The minimum atomic E-state index is 0.107. The number of aromatic hydroxyl groups is 1. The van der Waals surface area contributed by atoms with Crippen molar-refractivity contribution in [1.82, 2.24) is 15.2 Å². The topological polar surface area (TPSA) is 48.4 Å². The molecule has 0 bridgehead atoms.